The molecule has 7 heteroatoms. The Kier molecular flexibility index (Phi) is 6.39. The summed E-state index contributed by atoms with van der Waals surface area (Å²) in [5, 5.41) is 0.765. The highest BCUT2D eigenvalue weighted by Gasteiger charge is 2.25. The Labute approximate surface area is 188 Å². The molecule has 0 aliphatic carbocycles. The van der Waals surface area contributed by atoms with Crippen molar-refractivity contribution in [3.63, 3.8) is 0 Å². The minimum absolute atomic E-state index is 0.112. The van der Waals surface area contributed by atoms with Crippen LogP contribution in [0.25, 0.3) is 5.69 Å². The van der Waals surface area contributed by atoms with Crippen molar-refractivity contribution in [3.05, 3.63) is 75.2 Å². The first kappa shape index (κ1) is 21.5. The lowest BCUT2D eigenvalue weighted by atomic mass is 10.1. The monoisotopic (exact) mass is 440 g/mol. The molecule has 0 N–H and O–H groups in total. The van der Waals surface area contributed by atoms with Crippen molar-refractivity contribution in [1.82, 2.24) is 14.3 Å². The second kappa shape index (κ2) is 9.20. The molecule has 4 rings (SSSR count). The Morgan fingerprint density at radius 3 is 2.42 bits per heavy atom. The maximum Gasteiger partial charge on any atom is 0.314 e. The molecule has 164 valence electrons. The lowest BCUT2D eigenvalue weighted by molar-refractivity contribution is 0.236. The summed E-state index contributed by atoms with van der Waals surface area (Å²) in [5.41, 5.74) is 4.06. The van der Waals surface area contributed by atoms with Gasteiger partial charge >= 0.3 is 5.56 Å². The summed E-state index contributed by atoms with van der Waals surface area (Å²) in [6, 6.07) is 15.7. The summed E-state index contributed by atoms with van der Waals surface area (Å²) in [7, 11) is 1.93. The van der Waals surface area contributed by atoms with Gasteiger partial charge in [-0.15, -0.1) is 0 Å². The summed E-state index contributed by atoms with van der Waals surface area (Å²) >= 11 is 6.22. The van der Waals surface area contributed by atoms with Gasteiger partial charge < -0.3 is 9.64 Å². The molecule has 2 heterocycles. The molecule has 1 aromatic heterocycles. The number of para-hydroxylation sites is 1. The first-order valence-corrected chi connectivity index (χ1v) is 11.1. The van der Waals surface area contributed by atoms with Gasteiger partial charge in [0.25, 0.3) is 0 Å². The number of anilines is 1. The topological polar surface area (TPSA) is 42.6 Å². The lowest BCUT2D eigenvalue weighted by Gasteiger charge is -2.37. The molecule has 31 heavy (non-hydrogen) atoms. The van der Waals surface area contributed by atoms with Gasteiger partial charge in [0, 0.05) is 50.5 Å². The quantitative estimate of drug-likeness (QED) is 0.583. The summed E-state index contributed by atoms with van der Waals surface area (Å²) in [4.78, 5) is 17.9. The summed E-state index contributed by atoms with van der Waals surface area (Å²) in [6.07, 6.45) is 0. The van der Waals surface area contributed by atoms with Crippen LogP contribution in [0, 0.1) is 6.92 Å². The molecule has 0 unspecified atom stereocenters. The van der Waals surface area contributed by atoms with E-state index in [4.69, 9.17) is 16.3 Å². The first-order chi connectivity index (χ1) is 15.0. The van der Waals surface area contributed by atoms with E-state index in [0.717, 1.165) is 42.6 Å². The zero-order valence-corrected chi connectivity index (χ0v) is 19.1. The number of ether oxygens (including phenoxy) is 1. The van der Waals surface area contributed by atoms with Crippen LogP contribution in [0.15, 0.2) is 53.3 Å². The summed E-state index contributed by atoms with van der Waals surface area (Å²) in [5.74, 6) is 0.446. The molecular weight excluding hydrogens is 412 g/mol. The minimum atomic E-state index is -0.112. The highest BCUT2D eigenvalue weighted by molar-refractivity contribution is 6.30. The Morgan fingerprint density at radius 2 is 1.74 bits per heavy atom. The second-order valence-corrected chi connectivity index (χ2v) is 8.32. The Morgan fingerprint density at radius 1 is 1.03 bits per heavy atom. The molecule has 6 nitrogen and oxygen atoms in total. The van der Waals surface area contributed by atoms with Crippen LogP contribution in [0.1, 0.15) is 18.2 Å². The van der Waals surface area contributed by atoms with Crippen LogP contribution in [0.4, 0.5) is 5.69 Å². The predicted octanol–water partition coefficient (Wildman–Crippen LogP) is 3.86. The number of halogens is 1. The summed E-state index contributed by atoms with van der Waals surface area (Å²) in [6.45, 7) is 8.80. The molecule has 1 saturated heterocycles. The van der Waals surface area contributed by atoms with Gasteiger partial charge in [-0.2, -0.15) is 0 Å². The van der Waals surface area contributed by atoms with Gasteiger partial charge in [0.15, 0.2) is 0 Å². The van der Waals surface area contributed by atoms with Gasteiger partial charge in [-0.25, -0.2) is 4.68 Å². The number of rotatable bonds is 6. The average molecular weight is 441 g/mol. The second-order valence-electron chi connectivity index (χ2n) is 7.88. The smallest absolute Gasteiger partial charge is 0.314 e. The van der Waals surface area contributed by atoms with Gasteiger partial charge in [-0.1, -0.05) is 35.9 Å². The molecule has 1 fully saturated rings. The van der Waals surface area contributed by atoms with Crippen molar-refractivity contribution >= 4 is 17.3 Å². The molecule has 0 saturated carbocycles. The van der Waals surface area contributed by atoms with E-state index in [-0.39, 0.29) is 5.56 Å². The molecule has 0 radical (unpaired) electrons. The maximum atomic E-state index is 13.1. The van der Waals surface area contributed by atoms with Crippen LogP contribution in [-0.2, 0) is 13.6 Å². The fourth-order valence-corrected chi connectivity index (χ4v) is 4.39. The van der Waals surface area contributed by atoms with E-state index in [1.165, 1.54) is 11.3 Å². The molecule has 0 bridgehead atoms. The number of piperazine rings is 1. The van der Waals surface area contributed by atoms with E-state index in [9.17, 15) is 4.79 Å². The highest BCUT2D eigenvalue weighted by atomic mass is 35.5. The predicted molar refractivity (Wildman–Crippen MR) is 126 cm³/mol. The van der Waals surface area contributed by atoms with Gasteiger partial charge in [-0.05, 0) is 43.7 Å². The number of benzene rings is 2. The molecule has 0 atom stereocenters. The fraction of sp³-hybridized carbons (Fsp3) is 0.375. The number of aryl methyl sites for hydroxylation is 1. The molecule has 0 amide bonds. The van der Waals surface area contributed by atoms with Crippen molar-refractivity contribution in [1.29, 1.82) is 0 Å². The van der Waals surface area contributed by atoms with Gasteiger partial charge in [0.1, 0.15) is 0 Å². The zero-order valence-electron chi connectivity index (χ0n) is 18.3. The Balaban J connectivity index is 1.55. The molecule has 1 aliphatic rings. The zero-order chi connectivity index (χ0) is 22.0. The van der Waals surface area contributed by atoms with Gasteiger partial charge in [0.2, 0.25) is 5.75 Å². The largest absolute Gasteiger partial charge is 0.487 e. The van der Waals surface area contributed by atoms with E-state index in [2.05, 4.69) is 22.8 Å². The fourth-order valence-electron chi connectivity index (χ4n) is 4.23. The number of aromatic nitrogens is 2. The standard InChI is InChI=1S/C24H29ClN4O2/c1-4-31-23-22(26(3)29(24(23)30)20-8-6-5-7-9-20)17-27-12-14-28(15-13-27)21-16-19(25)11-10-18(21)2/h5-11,16H,4,12-15,17H2,1-3H3. The van der Waals surface area contributed by atoms with Crippen LogP contribution < -0.4 is 15.2 Å². The van der Waals surface area contributed by atoms with E-state index in [1.807, 2.05) is 61.1 Å². The van der Waals surface area contributed by atoms with Crippen LogP contribution in [-0.4, -0.2) is 47.0 Å². The van der Waals surface area contributed by atoms with E-state index < -0.39 is 0 Å². The average Bonchev–Trinajstić information content (AvgIpc) is 3.01. The van der Waals surface area contributed by atoms with Crippen LogP contribution >= 0.6 is 11.6 Å². The van der Waals surface area contributed by atoms with E-state index in [0.29, 0.717) is 18.9 Å². The Bertz CT molecular complexity index is 1100. The minimum Gasteiger partial charge on any atom is -0.487 e. The maximum absolute atomic E-state index is 13.1. The van der Waals surface area contributed by atoms with E-state index in [1.54, 1.807) is 4.68 Å². The highest BCUT2D eigenvalue weighted by Crippen LogP contribution is 2.26. The normalized spacial score (nSPS) is 14.8. The van der Waals surface area contributed by atoms with Crippen molar-refractivity contribution < 1.29 is 4.74 Å². The van der Waals surface area contributed by atoms with Crippen LogP contribution in [0.2, 0.25) is 5.02 Å². The van der Waals surface area contributed by atoms with Crippen LogP contribution in [0.5, 0.6) is 5.75 Å². The molecule has 3 aromatic rings. The van der Waals surface area contributed by atoms with Gasteiger partial charge in [0.05, 0.1) is 18.0 Å². The van der Waals surface area contributed by atoms with Crippen LogP contribution in [0.3, 0.4) is 0 Å². The Hall–Kier alpha value is -2.70. The van der Waals surface area contributed by atoms with Crippen molar-refractivity contribution in [2.24, 2.45) is 7.05 Å². The molecule has 1 aliphatic heterocycles. The SMILES string of the molecule is CCOc1c(CN2CCN(c3cc(Cl)ccc3C)CC2)n(C)n(-c2ccccc2)c1=O. The third kappa shape index (κ3) is 4.36. The third-order valence-corrected chi connectivity index (χ3v) is 6.12. The van der Waals surface area contributed by atoms with Gasteiger partial charge in [-0.3, -0.25) is 14.4 Å². The third-order valence-electron chi connectivity index (χ3n) is 5.89. The number of nitrogens with zero attached hydrogens (tertiary/aromatic N) is 4. The number of hydrogen-bond acceptors (Lipinski definition) is 4. The summed E-state index contributed by atoms with van der Waals surface area (Å²) < 4.78 is 9.42. The van der Waals surface area contributed by atoms with Crippen molar-refractivity contribution in [3.8, 4) is 11.4 Å². The first-order valence-electron chi connectivity index (χ1n) is 10.7. The van der Waals surface area contributed by atoms with Crippen molar-refractivity contribution in [2.45, 2.75) is 20.4 Å². The van der Waals surface area contributed by atoms with Crippen molar-refractivity contribution in [2.75, 3.05) is 37.7 Å². The lowest BCUT2D eigenvalue weighted by Crippen LogP contribution is -2.46. The van der Waals surface area contributed by atoms with E-state index >= 15 is 0 Å². The number of hydrogen-bond donors (Lipinski definition) is 0. The molecule has 2 aromatic carbocycles. The molecular formula is C24H29ClN4O2. The molecule has 0 spiro atoms.